The van der Waals surface area contributed by atoms with Gasteiger partial charge >= 0.3 is 5.97 Å². The molecule has 10 heteroatoms. The summed E-state index contributed by atoms with van der Waals surface area (Å²) in [5.41, 5.74) is 1.70. The van der Waals surface area contributed by atoms with Crippen LogP contribution < -0.4 is 4.74 Å². The highest BCUT2D eigenvalue weighted by Crippen LogP contribution is 2.38. The summed E-state index contributed by atoms with van der Waals surface area (Å²) in [5.74, 6) is -0.522. The smallest absolute Gasteiger partial charge is 0.329 e. The number of carbonyl (C=O) groups excluding carboxylic acids is 3. The Balaban J connectivity index is 1.77. The maximum Gasteiger partial charge on any atom is 0.329 e. The van der Waals surface area contributed by atoms with E-state index < -0.39 is 23.2 Å². The topological polar surface area (TPSA) is 72.9 Å². The number of halogens is 3. The first-order valence-corrected chi connectivity index (χ1v) is 12.7. The molecule has 0 spiro atoms. The lowest BCUT2D eigenvalue weighted by atomic mass is 10.2. The fourth-order valence-electron chi connectivity index (χ4n) is 2.87. The van der Waals surface area contributed by atoms with Crippen molar-refractivity contribution >= 4 is 82.7 Å². The number of esters is 1. The Morgan fingerprint density at radius 1 is 1.12 bits per heavy atom. The molecular weight excluding hydrogens is 630 g/mol. The van der Waals surface area contributed by atoms with E-state index >= 15 is 0 Å². The molecule has 32 heavy (non-hydrogen) atoms. The maximum absolute atomic E-state index is 12.7. The Labute approximate surface area is 215 Å². The molecule has 0 radical (unpaired) electrons. The molecule has 1 saturated heterocycles. The zero-order chi connectivity index (χ0) is 23.4. The average Bonchev–Trinajstić information content (AvgIpc) is 3.01. The number of hydrogen-bond donors (Lipinski definition) is 0. The molecule has 3 rings (SSSR count). The molecule has 0 saturated carbocycles. The summed E-state index contributed by atoms with van der Waals surface area (Å²) >= 11 is 11.2. The highest BCUT2D eigenvalue weighted by molar-refractivity contribution is 9.11. The molecule has 2 aromatic rings. The number of carbonyl (C=O) groups is 3. The fourth-order valence-corrected chi connectivity index (χ4v) is 5.49. The number of benzene rings is 2. The number of amides is 2. The molecule has 1 atom stereocenters. The van der Waals surface area contributed by atoms with E-state index in [-0.39, 0.29) is 11.5 Å². The van der Waals surface area contributed by atoms with E-state index in [0.29, 0.717) is 26.9 Å². The minimum atomic E-state index is -0.985. The van der Waals surface area contributed by atoms with Crippen molar-refractivity contribution < 1.29 is 23.9 Å². The Bertz CT molecular complexity index is 1060. The van der Waals surface area contributed by atoms with E-state index in [1.54, 1.807) is 25.1 Å². The summed E-state index contributed by atoms with van der Waals surface area (Å²) in [7, 11) is 0. The van der Waals surface area contributed by atoms with Crippen molar-refractivity contribution in [1.82, 2.24) is 4.90 Å². The molecule has 0 unspecified atom stereocenters. The molecule has 1 fully saturated rings. The van der Waals surface area contributed by atoms with Crippen LogP contribution in [0.1, 0.15) is 25.0 Å². The monoisotopic (exact) mass is 645 g/mol. The number of ether oxygens (including phenoxy) is 2. The summed E-state index contributed by atoms with van der Waals surface area (Å²) in [6.45, 7) is 3.70. The Morgan fingerprint density at radius 3 is 2.34 bits per heavy atom. The zero-order valence-corrected chi connectivity index (χ0v) is 22.6. The van der Waals surface area contributed by atoms with Crippen LogP contribution in [0, 0.1) is 0 Å². The molecule has 0 bridgehead atoms. The van der Waals surface area contributed by atoms with Gasteiger partial charge in [0.2, 0.25) is 0 Å². The van der Waals surface area contributed by atoms with Gasteiger partial charge in [0, 0.05) is 4.47 Å². The molecule has 168 valence electrons. The normalized spacial score (nSPS) is 15.9. The highest BCUT2D eigenvalue weighted by Gasteiger charge is 2.41. The van der Waals surface area contributed by atoms with Crippen LogP contribution in [0.25, 0.3) is 6.08 Å². The molecule has 0 aromatic heterocycles. The predicted octanol–water partition coefficient (Wildman–Crippen LogP) is 6.54. The average molecular weight is 648 g/mol. The van der Waals surface area contributed by atoms with Crippen LogP contribution in [-0.4, -0.2) is 34.7 Å². The van der Waals surface area contributed by atoms with Crippen molar-refractivity contribution in [2.24, 2.45) is 0 Å². The van der Waals surface area contributed by atoms with Crippen molar-refractivity contribution in [3.8, 4) is 5.75 Å². The molecule has 2 aromatic carbocycles. The number of nitrogens with zero attached hydrogens (tertiary/aromatic N) is 1. The molecule has 2 amide bonds. The summed E-state index contributed by atoms with van der Waals surface area (Å²) in [6, 6.07) is 10.4. The van der Waals surface area contributed by atoms with Gasteiger partial charge in [-0.2, -0.15) is 0 Å². The van der Waals surface area contributed by atoms with Gasteiger partial charge in [-0.3, -0.25) is 14.5 Å². The first-order valence-electron chi connectivity index (χ1n) is 9.51. The van der Waals surface area contributed by atoms with E-state index in [1.807, 2.05) is 24.3 Å². The molecule has 1 aliphatic heterocycles. The van der Waals surface area contributed by atoms with Crippen LogP contribution in [0.15, 0.2) is 54.7 Å². The Morgan fingerprint density at radius 2 is 1.75 bits per heavy atom. The van der Waals surface area contributed by atoms with Crippen LogP contribution in [0.4, 0.5) is 4.79 Å². The molecule has 6 nitrogen and oxygen atoms in total. The van der Waals surface area contributed by atoms with E-state index in [0.717, 1.165) is 26.7 Å². The molecule has 0 N–H and O–H groups in total. The summed E-state index contributed by atoms with van der Waals surface area (Å²) in [6.07, 6.45) is 1.61. The Kier molecular flexibility index (Phi) is 8.60. The second kappa shape index (κ2) is 11.0. The third-order valence-corrected chi connectivity index (χ3v) is 7.04. The highest BCUT2D eigenvalue weighted by atomic mass is 79.9. The minimum absolute atomic E-state index is 0.174. The number of hydrogen-bond acceptors (Lipinski definition) is 6. The lowest BCUT2D eigenvalue weighted by Gasteiger charge is -2.19. The van der Waals surface area contributed by atoms with Gasteiger partial charge in [0.25, 0.3) is 11.1 Å². The summed E-state index contributed by atoms with van der Waals surface area (Å²) in [4.78, 5) is 38.2. The molecule has 0 aliphatic carbocycles. The molecule has 1 heterocycles. The number of imide groups is 1. The third kappa shape index (κ3) is 5.84. The van der Waals surface area contributed by atoms with Gasteiger partial charge in [-0.1, -0.05) is 28.1 Å². The van der Waals surface area contributed by atoms with Gasteiger partial charge in [0.15, 0.2) is 0 Å². The second-order valence-electron chi connectivity index (χ2n) is 6.71. The van der Waals surface area contributed by atoms with Crippen LogP contribution in [-0.2, 0) is 20.9 Å². The number of rotatable bonds is 7. The van der Waals surface area contributed by atoms with E-state index in [1.165, 1.54) is 6.92 Å². The largest absolute Gasteiger partial charge is 0.487 e. The van der Waals surface area contributed by atoms with Crippen LogP contribution in [0.5, 0.6) is 5.75 Å². The van der Waals surface area contributed by atoms with Crippen molar-refractivity contribution in [2.75, 3.05) is 6.61 Å². The van der Waals surface area contributed by atoms with Gasteiger partial charge in [0.05, 0.1) is 20.5 Å². The predicted molar refractivity (Wildman–Crippen MR) is 134 cm³/mol. The van der Waals surface area contributed by atoms with Crippen molar-refractivity contribution in [3.05, 3.63) is 65.8 Å². The maximum atomic E-state index is 12.7. The van der Waals surface area contributed by atoms with Crippen LogP contribution >= 0.6 is 59.6 Å². The third-order valence-electron chi connectivity index (χ3n) is 4.45. The van der Waals surface area contributed by atoms with Crippen molar-refractivity contribution in [1.29, 1.82) is 0 Å². The van der Waals surface area contributed by atoms with Gasteiger partial charge < -0.3 is 9.47 Å². The van der Waals surface area contributed by atoms with Gasteiger partial charge in [-0.25, -0.2) is 4.79 Å². The van der Waals surface area contributed by atoms with Crippen LogP contribution in [0.2, 0.25) is 0 Å². The minimum Gasteiger partial charge on any atom is -0.487 e. The first-order chi connectivity index (χ1) is 15.2. The summed E-state index contributed by atoms with van der Waals surface area (Å²) < 4.78 is 13.2. The SMILES string of the molecule is CCOC(=O)[C@H](C)N1C(=O)S/C(=C/c2cc(Br)c(OCc3ccc(Br)cc3)c(Br)c2)C1=O. The van der Waals surface area contributed by atoms with Crippen molar-refractivity contribution in [3.63, 3.8) is 0 Å². The number of thioether (sulfide) groups is 1. The lowest BCUT2D eigenvalue weighted by molar-refractivity contribution is -0.150. The molecule has 1 aliphatic rings. The fraction of sp³-hybridized carbons (Fsp3) is 0.227. The van der Waals surface area contributed by atoms with Gasteiger partial charge in [0.1, 0.15) is 18.4 Å². The first kappa shape index (κ1) is 25.0. The van der Waals surface area contributed by atoms with Gasteiger partial charge in [-0.05, 0) is 98.9 Å². The summed E-state index contributed by atoms with van der Waals surface area (Å²) in [5, 5.41) is -0.505. The lowest BCUT2D eigenvalue weighted by Crippen LogP contribution is -2.42. The second-order valence-corrected chi connectivity index (χ2v) is 10.3. The van der Waals surface area contributed by atoms with E-state index in [4.69, 9.17) is 9.47 Å². The standard InChI is InChI=1S/C22H18Br3NO5S/c1-3-30-21(28)12(2)26-20(27)18(32-22(26)29)10-14-8-16(24)19(17(25)9-14)31-11-13-4-6-15(23)7-5-13/h4-10,12H,3,11H2,1-2H3/b18-10+/t12-/m0/s1. The quantitative estimate of drug-likeness (QED) is 0.251. The molecular formula is C22H18Br3NO5S. The van der Waals surface area contributed by atoms with E-state index in [9.17, 15) is 14.4 Å². The van der Waals surface area contributed by atoms with Crippen molar-refractivity contribution in [2.45, 2.75) is 26.5 Å². The van der Waals surface area contributed by atoms with E-state index in [2.05, 4.69) is 47.8 Å². The zero-order valence-electron chi connectivity index (χ0n) is 17.1. The van der Waals surface area contributed by atoms with Crippen LogP contribution in [0.3, 0.4) is 0 Å². The Hall–Kier alpha value is -1.62. The van der Waals surface area contributed by atoms with Gasteiger partial charge in [-0.15, -0.1) is 0 Å².